The van der Waals surface area contributed by atoms with Gasteiger partial charge in [-0.05, 0) is 24.5 Å². The molecule has 0 aliphatic carbocycles. The predicted octanol–water partition coefficient (Wildman–Crippen LogP) is 0.973. The van der Waals surface area contributed by atoms with Gasteiger partial charge in [-0.3, -0.25) is 4.99 Å². The predicted molar refractivity (Wildman–Crippen MR) is 81.0 cm³/mol. The van der Waals surface area contributed by atoms with E-state index in [1.807, 2.05) is 0 Å². The maximum absolute atomic E-state index is 13.4. The highest BCUT2D eigenvalue weighted by Crippen LogP contribution is 2.19. The number of nitrogens with one attached hydrogen (secondary N) is 1. The van der Waals surface area contributed by atoms with Crippen LogP contribution in [0.3, 0.4) is 0 Å². The molecular weight excluding hydrogens is 314 g/mol. The summed E-state index contributed by atoms with van der Waals surface area (Å²) in [7, 11) is -3.19. The minimum Gasteiger partial charge on any atom is -0.370 e. The van der Waals surface area contributed by atoms with Crippen LogP contribution in [0.4, 0.5) is 14.5 Å². The Labute approximate surface area is 128 Å². The summed E-state index contributed by atoms with van der Waals surface area (Å²) in [5, 5.41) is 2.50. The molecule has 0 saturated carbocycles. The van der Waals surface area contributed by atoms with Crippen molar-refractivity contribution in [3.05, 3.63) is 29.8 Å². The van der Waals surface area contributed by atoms with Crippen molar-refractivity contribution in [2.45, 2.75) is 6.42 Å². The highest BCUT2D eigenvalue weighted by Gasteiger charge is 2.28. The molecule has 1 aromatic carbocycles. The highest BCUT2D eigenvalue weighted by atomic mass is 32.2. The van der Waals surface area contributed by atoms with Crippen LogP contribution in [0.25, 0.3) is 0 Å². The van der Waals surface area contributed by atoms with Crippen molar-refractivity contribution in [1.29, 1.82) is 0 Å². The summed E-state index contributed by atoms with van der Waals surface area (Å²) in [6.45, 7) is 1.18. The zero-order valence-corrected chi connectivity index (χ0v) is 12.9. The molecule has 1 aliphatic rings. The smallest absolute Gasteiger partial charge is 0.211 e. The molecule has 1 unspecified atom stereocenters. The fourth-order valence-electron chi connectivity index (χ4n) is 2.25. The molecule has 1 aliphatic heterocycles. The molecule has 0 bridgehead atoms. The average Bonchev–Trinajstić information content (AvgIpc) is 2.89. The zero-order valence-electron chi connectivity index (χ0n) is 12.1. The Hall–Kier alpha value is -1.74. The number of anilines is 1. The van der Waals surface area contributed by atoms with E-state index in [1.54, 1.807) is 0 Å². The van der Waals surface area contributed by atoms with E-state index in [0.717, 1.165) is 18.2 Å². The molecular formula is C13H18F2N4O2S. The molecule has 1 saturated heterocycles. The molecule has 2 rings (SSSR count). The summed E-state index contributed by atoms with van der Waals surface area (Å²) in [5.41, 5.74) is 5.55. The van der Waals surface area contributed by atoms with E-state index in [0.29, 0.717) is 26.1 Å². The monoisotopic (exact) mass is 332 g/mol. The quantitative estimate of drug-likeness (QED) is 0.635. The number of sulfonamides is 1. The first kappa shape index (κ1) is 16.6. The summed E-state index contributed by atoms with van der Waals surface area (Å²) in [4.78, 5) is 4.06. The fraction of sp³-hybridized carbons (Fsp3) is 0.462. The van der Waals surface area contributed by atoms with Crippen LogP contribution in [0.15, 0.2) is 23.2 Å². The number of nitrogens with two attached hydrogens (primary N) is 1. The van der Waals surface area contributed by atoms with E-state index in [4.69, 9.17) is 5.73 Å². The SMILES string of the molecule is CS(=O)(=O)N1CCC(CN=C(N)Nc2cc(F)ccc2F)C1. The van der Waals surface area contributed by atoms with Gasteiger partial charge in [-0.2, -0.15) is 0 Å². The molecule has 122 valence electrons. The van der Waals surface area contributed by atoms with Gasteiger partial charge < -0.3 is 11.1 Å². The summed E-state index contributed by atoms with van der Waals surface area (Å²) in [6, 6.07) is 2.98. The summed E-state index contributed by atoms with van der Waals surface area (Å²) < 4.78 is 50.7. The number of aliphatic imine (C=N–C) groups is 1. The number of halogens is 2. The first-order valence-electron chi connectivity index (χ1n) is 6.73. The molecule has 22 heavy (non-hydrogen) atoms. The third-order valence-corrected chi connectivity index (χ3v) is 4.70. The van der Waals surface area contributed by atoms with E-state index >= 15 is 0 Å². The van der Waals surface area contributed by atoms with Gasteiger partial charge in [0.15, 0.2) is 5.96 Å². The van der Waals surface area contributed by atoms with Crippen LogP contribution >= 0.6 is 0 Å². The lowest BCUT2D eigenvalue weighted by molar-refractivity contribution is 0.464. The Balaban J connectivity index is 1.92. The molecule has 0 amide bonds. The van der Waals surface area contributed by atoms with Crippen molar-refractivity contribution in [3.8, 4) is 0 Å². The lowest BCUT2D eigenvalue weighted by Gasteiger charge is -2.12. The Morgan fingerprint density at radius 1 is 1.50 bits per heavy atom. The van der Waals surface area contributed by atoms with Crippen molar-refractivity contribution in [1.82, 2.24) is 4.31 Å². The van der Waals surface area contributed by atoms with Gasteiger partial charge in [-0.1, -0.05) is 0 Å². The molecule has 1 atom stereocenters. The van der Waals surface area contributed by atoms with Gasteiger partial charge in [0.05, 0.1) is 11.9 Å². The standard InChI is InChI=1S/C13H18F2N4O2S/c1-22(20,21)19-5-4-9(8-19)7-17-13(16)18-12-6-10(14)2-3-11(12)15/h2-3,6,9H,4-5,7-8H2,1H3,(H3,16,17,18). The molecule has 3 N–H and O–H groups in total. The van der Waals surface area contributed by atoms with Crippen molar-refractivity contribution >= 4 is 21.7 Å². The topological polar surface area (TPSA) is 87.8 Å². The number of hydrogen-bond acceptors (Lipinski definition) is 3. The Morgan fingerprint density at radius 3 is 2.86 bits per heavy atom. The molecule has 0 radical (unpaired) electrons. The van der Waals surface area contributed by atoms with Gasteiger partial charge in [0.2, 0.25) is 10.0 Å². The van der Waals surface area contributed by atoms with Crippen molar-refractivity contribution in [2.24, 2.45) is 16.6 Å². The van der Waals surface area contributed by atoms with Gasteiger partial charge in [0, 0.05) is 25.7 Å². The minimum absolute atomic E-state index is 0.0395. The van der Waals surface area contributed by atoms with E-state index in [9.17, 15) is 17.2 Å². The molecule has 0 aromatic heterocycles. The third-order valence-electron chi connectivity index (χ3n) is 3.43. The molecule has 6 nitrogen and oxygen atoms in total. The van der Waals surface area contributed by atoms with Crippen molar-refractivity contribution < 1.29 is 17.2 Å². The average molecular weight is 332 g/mol. The maximum Gasteiger partial charge on any atom is 0.211 e. The Kier molecular flexibility index (Phi) is 4.97. The number of hydrogen-bond donors (Lipinski definition) is 2. The molecule has 1 fully saturated rings. The van der Waals surface area contributed by atoms with Crippen LogP contribution in [0.1, 0.15) is 6.42 Å². The highest BCUT2D eigenvalue weighted by molar-refractivity contribution is 7.88. The Bertz CT molecular complexity index is 679. The number of benzene rings is 1. The van der Waals surface area contributed by atoms with Crippen LogP contribution < -0.4 is 11.1 Å². The first-order valence-corrected chi connectivity index (χ1v) is 8.57. The molecule has 1 aromatic rings. The van der Waals surface area contributed by atoms with Crippen LogP contribution in [0, 0.1) is 17.6 Å². The number of guanidine groups is 1. The fourth-order valence-corrected chi connectivity index (χ4v) is 3.16. The van der Waals surface area contributed by atoms with Crippen LogP contribution in [-0.4, -0.2) is 44.6 Å². The van der Waals surface area contributed by atoms with Crippen LogP contribution in [0.2, 0.25) is 0 Å². The van der Waals surface area contributed by atoms with Crippen LogP contribution in [0.5, 0.6) is 0 Å². The lowest BCUT2D eigenvalue weighted by Crippen LogP contribution is -2.28. The first-order chi connectivity index (χ1) is 10.3. The van der Waals surface area contributed by atoms with E-state index in [1.165, 1.54) is 10.6 Å². The van der Waals surface area contributed by atoms with E-state index in [-0.39, 0.29) is 17.6 Å². The van der Waals surface area contributed by atoms with Crippen molar-refractivity contribution in [3.63, 3.8) is 0 Å². The molecule has 0 spiro atoms. The molecule has 9 heteroatoms. The lowest BCUT2D eigenvalue weighted by atomic mass is 10.1. The number of nitrogens with zero attached hydrogens (tertiary/aromatic N) is 2. The van der Waals surface area contributed by atoms with Gasteiger partial charge in [-0.25, -0.2) is 21.5 Å². The zero-order chi connectivity index (χ0) is 16.3. The van der Waals surface area contributed by atoms with E-state index in [2.05, 4.69) is 10.3 Å². The Morgan fingerprint density at radius 2 is 2.23 bits per heavy atom. The summed E-state index contributed by atoms with van der Waals surface area (Å²) >= 11 is 0. The normalized spacial score (nSPS) is 20.3. The minimum atomic E-state index is -3.19. The number of rotatable bonds is 4. The van der Waals surface area contributed by atoms with Gasteiger partial charge >= 0.3 is 0 Å². The van der Waals surface area contributed by atoms with E-state index < -0.39 is 21.7 Å². The second-order valence-electron chi connectivity index (χ2n) is 5.25. The largest absolute Gasteiger partial charge is 0.370 e. The molecule has 1 heterocycles. The van der Waals surface area contributed by atoms with Gasteiger partial charge in [-0.15, -0.1) is 0 Å². The second-order valence-corrected chi connectivity index (χ2v) is 7.23. The maximum atomic E-state index is 13.4. The summed E-state index contributed by atoms with van der Waals surface area (Å²) in [6.07, 6.45) is 1.86. The van der Waals surface area contributed by atoms with Gasteiger partial charge in [0.25, 0.3) is 0 Å². The van der Waals surface area contributed by atoms with Crippen LogP contribution in [-0.2, 0) is 10.0 Å². The summed E-state index contributed by atoms with van der Waals surface area (Å²) in [5.74, 6) is -1.20. The third kappa shape index (κ3) is 4.38. The second kappa shape index (κ2) is 6.57. The van der Waals surface area contributed by atoms with Crippen molar-refractivity contribution in [2.75, 3.05) is 31.2 Å². The van der Waals surface area contributed by atoms with Gasteiger partial charge in [0.1, 0.15) is 11.6 Å².